The van der Waals surface area contributed by atoms with E-state index < -0.39 is 0 Å². The second kappa shape index (κ2) is 4.13. The van der Waals surface area contributed by atoms with Crippen molar-refractivity contribution >= 4 is 6.29 Å². The Morgan fingerprint density at radius 2 is 2.11 bits per heavy atom. The molecule has 2 heteroatoms. The first kappa shape index (κ1) is 8.21. The summed E-state index contributed by atoms with van der Waals surface area (Å²) in [6, 6.07) is 0. The molecular formula is C7H12O2. The molecule has 0 amide bonds. The van der Waals surface area contributed by atoms with Crippen molar-refractivity contribution in [2.75, 3.05) is 6.61 Å². The molecule has 0 heterocycles. The van der Waals surface area contributed by atoms with Gasteiger partial charge in [-0.05, 0) is 20.8 Å². The first-order valence-electron chi connectivity index (χ1n) is 2.97. The van der Waals surface area contributed by atoms with Crippen LogP contribution < -0.4 is 0 Å². The Labute approximate surface area is 55.5 Å². The van der Waals surface area contributed by atoms with Crippen LogP contribution in [0.5, 0.6) is 0 Å². The molecule has 0 unspecified atom stereocenters. The van der Waals surface area contributed by atoms with E-state index in [9.17, 15) is 4.79 Å². The first-order valence-corrected chi connectivity index (χ1v) is 2.97. The van der Waals surface area contributed by atoms with Gasteiger partial charge in [0.05, 0.1) is 12.4 Å². The van der Waals surface area contributed by atoms with Gasteiger partial charge in [-0.2, -0.15) is 0 Å². The Balaban J connectivity index is 3.93. The topological polar surface area (TPSA) is 26.3 Å². The number of allylic oxidation sites excluding steroid dienone is 2. The minimum Gasteiger partial charge on any atom is -0.498 e. The Morgan fingerprint density at radius 1 is 1.56 bits per heavy atom. The van der Waals surface area contributed by atoms with Crippen molar-refractivity contribution in [1.82, 2.24) is 0 Å². The Bertz CT molecular complexity index is 125. The first-order chi connectivity index (χ1) is 4.22. The zero-order valence-corrected chi connectivity index (χ0v) is 6.10. The molecule has 0 aromatic carbocycles. The molecule has 0 aromatic rings. The minimum atomic E-state index is 0.622. The van der Waals surface area contributed by atoms with Gasteiger partial charge < -0.3 is 4.74 Å². The number of carbonyl (C=O) groups excluding carboxylic acids is 1. The third kappa shape index (κ3) is 2.90. The molecule has 52 valence electrons. The van der Waals surface area contributed by atoms with Crippen LogP contribution in [0.1, 0.15) is 20.8 Å². The van der Waals surface area contributed by atoms with E-state index in [-0.39, 0.29) is 0 Å². The van der Waals surface area contributed by atoms with Gasteiger partial charge in [0.15, 0.2) is 0 Å². The molecule has 0 radical (unpaired) electrons. The predicted molar refractivity (Wildman–Crippen MR) is 36.1 cm³/mol. The van der Waals surface area contributed by atoms with Crippen molar-refractivity contribution in [2.24, 2.45) is 0 Å². The summed E-state index contributed by atoms with van der Waals surface area (Å²) >= 11 is 0. The lowest BCUT2D eigenvalue weighted by atomic mass is 10.3. The summed E-state index contributed by atoms with van der Waals surface area (Å²) in [6.07, 6.45) is 0.797. The summed E-state index contributed by atoms with van der Waals surface area (Å²) in [5.41, 5.74) is 0.664. The van der Waals surface area contributed by atoms with E-state index >= 15 is 0 Å². The molecule has 0 aliphatic rings. The number of ether oxygens (including phenoxy) is 1. The smallest absolute Gasteiger partial charge is 0.149 e. The Morgan fingerprint density at radius 3 is 2.44 bits per heavy atom. The van der Waals surface area contributed by atoms with Gasteiger partial charge in [-0.25, -0.2) is 0 Å². The Hall–Kier alpha value is -0.790. The van der Waals surface area contributed by atoms with Crippen molar-refractivity contribution in [2.45, 2.75) is 20.8 Å². The highest BCUT2D eigenvalue weighted by atomic mass is 16.5. The van der Waals surface area contributed by atoms with Crippen LogP contribution in [0.4, 0.5) is 0 Å². The van der Waals surface area contributed by atoms with Crippen molar-refractivity contribution in [3.05, 3.63) is 11.3 Å². The van der Waals surface area contributed by atoms with E-state index in [1.807, 2.05) is 6.92 Å². The monoisotopic (exact) mass is 128 g/mol. The van der Waals surface area contributed by atoms with Crippen LogP contribution in [0.15, 0.2) is 11.3 Å². The fraction of sp³-hybridized carbons (Fsp3) is 0.571. The molecule has 0 bridgehead atoms. The van der Waals surface area contributed by atoms with Gasteiger partial charge in [0.2, 0.25) is 0 Å². The van der Waals surface area contributed by atoms with Gasteiger partial charge >= 0.3 is 0 Å². The quantitative estimate of drug-likeness (QED) is 0.327. The molecule has 0 aliphatic carbocycles. The lowest BCUT2D eigenvalue weighted by Gasteiger charge is -2.02. The van der Waals surface area contributed by atoms with Crippen molar-refractivity contribution in [3.63, 3.8) is 0 Å². The molecule has 0 fully saturated rings. The second-order valence-electron chi connectivity index (χ2n) is 1.79. The van der Waals surface area contributed by atoms with Gasteiger partial charge in [-0.3, -0.25) is 4.79 Å². The zero-order valence-electron chi connectivity index (χ0n) is 6.10. The predicted octanol–water partition coefficient (Wildman–Crippen LogP) is 1.52. The summed E-state index contributed by atoms with van der Waals surface area (Å²) in [5, 5.41) is 0. The molecule has 0 saturated carbocycles. The summed E-state index contributed by atoms with van der Waals surface area (Å²) in [6.45, 7) is 6.03. The van der Waals surface area contributed by atoms with E-state index in [0.29, 0.717) is 17.9 Å². The number of aldehydes is 1. The maximum Gasteiger partial charge on any atom is 0.149 e. The third-order valence-electron chi connectivity index (χ3n) is 1.09. The van der Waals surface area contributed by atoms with Gasteiger partial charge in [0, 0.05) is 5.57 Å². The van der Waals surface area contributed by atoms with Crippen LogP contribution in [-0.2, 0) is 9.53 Å². The number of rotatable bonds is 3. The standard InChI is InChI=1S/C7H12O2/c1-4-9-7(3)6(2)5-8/h5H,4H2,1-3H3. The number of carbonyl (C=O) groups is 1. The fourth-order valence-electron chi connectivity index (χ4n) is 0.413. The summed E-state index contributed by atoms with van der Waals surface area (Å²) < 4.78 is 5.04. The third-order valence-corrected chi connectivity index (χ3v) is 1.09. The highest BCUT2D eigenvalue weighted by Crippen LogP contribution is 2.00. The SMILES string of the molecule is CCOC(C)=C(C)C=O. The maximum atomic E-state index is 10.1. The molecule has 0 atom stereocenters. The molecule has 0 N–H and O–H groups in total. The lowest BCUT2D eigenvalue weighted by Crippen LogP contribution is -1.91. The Kier molecular flexibility index (Phi) is 3.76. The van der Waals surface area contributed by atoms with Crippen molar-refractivity contribution in [3.8, 4) is 0 Å². The van der Waals surface area contributed by atoms with E-state index in [0.717, 1.165) is 6.29 Å². The molecule has 0 spiro atoms. The largest absolute Gasteiger partial charge is 0.498 e. The van der Waals surface area contributed by atoms with E-state index in [4.69, 9.17) is 4.74 Å². The molecule has 0 saturated heterocycles. The second-order valence-corrected chi connectivity index (χ2v) is 1.79. The van der Waals surface area contributed by atoms with Crippen molar-refractivity contribution in [1.29, 1.82) is 0 Å². The molecule has 9 heavy (non-hydrogen) atoms. The molecule has 0 rings (SSSR count). The van der Waals surface area contributed by atoms with Crippen LogP contribution in [0.25, 0.3) is 0 Å². The van der Waals surface area contributed by atoms with Crippen LogP contribution >= 0.6 is 0 Å². The number of hydrogen-bond acceptors (Lipinski definition) is 2. The van der Waals surface area contributed by atoms with Crippen LogP contribution in [0.3, 0.4) is 0 Å². The minimum absolute atomic E-state index is 0.622. The average Bonchev–Trinajstić information content (AvgIpc) is 1.87. The van der Waals surface area contributed by atoms with Gasteiger partial charge in [0.25, 0.3) is 0 Å². The average molecular weight is 128 g/mol. The van der Waals surface area contributed by atoms with Crippen LogP contribution in [0, 0.1) is 0 Å². The normalized spacial score (nSPS) is 12.3. The summed E-state index contributed by atoms with van der Waals surface area (Å²) in [4.78, 5) is 10.1. The van der Waals surface area contributed by atoms with Gasteiger partial charge in [0.1, 0.15) is 6.29 Å². The van der Waals surface area contributed by atoms with E-state index in [1.54, 1.807) is 13.8 Å². The van der Waals surface area contributed by atoms with E-state index in [1.165, 1.54) is 0 Å². The molecular weight excluding hydrogens is 116 g/mol. The van der Waals surface area contributed by atoms with Crippen LogP contribution in [-0.4, -0.2) is 12.9 Å². The zero-order chi connectivity index (χ0) is 7.28. The van der Waals surface area contributed by atoms with Gasteiger partial charge in [-0.1, -0.05) is 0 Å². The van der Waals surface area contributed by atoms with Gasteiger partial charge in [-0.15, -0.1) is 0 Å². The summed E-state index contributed by atoms with van der Waals surface area (Å²) in [7, 11) is 0. The fourth-order valence-corrected chi connectivity index (χ4v) is 0.413. The van der Waals surface area contributed by atoms with Crippen molar-refractivity contribution < 1.29 is 9.53 Å². The molecule has 2 nitrogen and oxygen atoms in total. The summed E-state index contributed by atoms with van der Waals surface area (Å²) in [5.74, 6) is 0.715. The highest BCUT2D eigenvalue weighted by Gasteiger charge is 1.92. The highest BCUT2D eigenvalue weighted by molar-refractivity contribution is 5.72. The molecule has 0 aliphatic heterocycles. The van der Waals surface area contributed by atoms with Crippen LogP contribution in [0.2, 0.25) is 0 Å². The lowest BCUT2D eigenvalue weighted by molar-refractivity contribution is -0.105. The molecule has 0 aromatic heterocycles. The maximum absolute atomic E-state index is 10.1. The van der Waals surface area contributed by atoms with E-state index in [2.05, 4.69) is 0 Å². The number of hydrogen-bond donors (Lipinski definition) is 0.